The van der Waals surface area contributed by atoms with E-state index in [2.05, 4.69) is 11.8 Å². The first-order chi connectivity index (χ1) is 10.0. The average Bonchev–Trinajstić information content (AvgIpc) is 2.79. The minimum atomic E-state index is -0.0685. The van der Waals surface area contributed by atoms with Crippen LogP contribution in [0.4, 0.5) is 0 Å². The number of aromatic hydroxyl groups is 1. The Bertz CT molecular complexity index is 514. The molecule has 5 heteroatoms. The fourth-order valence-electron chi connectivity index (χ4n) is 2.72. The van der Waals surface area contributed by atoms with E-state index in [1.165, 1.54) is 4.90 Å². The number of carbonyl (C=O) groups excluding carboxylic acids is 2. The fourth-order valence-corrected chi connectivity index (χ4v) is 2.72. The van der Waals surface area contributed by atoms with E-state index in [1.54, 1.807) is 12.1 Å². The SMILES string of the molecule is CCN(CCN1C(=O)CCC1=O)[C@@H](C)c1cccc(O)c1. The summed E-state index contributed by atoms with van der Waals surface area (Å²) in [4.78, 5) is 26.8. The van der Waals surface area contributed by atoms with Crippen LogP contribution in [-0.2, 0) is 9.59 Å². The van der Waals surface area contributed by atoms with Crippen LogP contribution in [0.1, 0.15) is 38.3 Å². The van der Waals surface area contributed by atoms with Crippen molar-refractivity contribution >= 4 is 11.8 Å². The second kappa shape index (κ2) is 6.72. The predicted molar refractivity (Wildman–Crippen MR) is 79.7 cm³/mol. The first-order valence-corrected chi connectivity index (χ1v) is 7.39. The zero-order chi connectivity index (χ0) is 15.4. The van der Waals surface area contributed by atoms with Gasteiger partial charge in [-0.2, -0.15) is 0 Å². The number of rotatable bonds is 6. The lowest BCUT2D eigenvalue weighted by atomic mass is 10.1. The number of likely N-dealkylation sites (tertiary alicyclic amines) is 1. The van der Waals surface area contributed by atoms with Gasteiger partial charge in [-0.3, -0.25) is 19.4 Å². The number of amides is 2. The highest BCUT2D eigenvalue weighted by molar-refractivity contribution is 6.01. The molecule has 1 aliphatic rings. The summed E-state index contributed by atoms with van der Waals surface area (Å²) in [6, 6.07) is 7.31. The Labute approximate surface area is 125 Å². The number of phenolic OH excluding ortho intramolecular Hbond substituents is 1. The van der Waals surface area contributed by atoms with Crippen LogP contribution < -0.4 is 0 Å². The number of benzene rings is 1. The zero-order valence-electron chi connectivity index (χ0n) is 12.6. The van der Waals surface area contributed by atoms with Crippen LogP contribution in [0.2, 0.25) is 0 Å². The van der Waals surface area contributed by atoms with Gasteiger partial charge in [-0.15, -0.1) is 0 Å². The van der Waals surface area contributed by atoms with Gasteiger partial charge in [0, 0.05) is 32.0 Å². The van der Waals surface area contributed by atoms with Crippen molar-refractivity contribution in [3.8, 4) is 5.75 Å². The normalized spacial score (nSPS) is 16.8. The molecular weight excluding hydrogens is 268 g/mol. The van der Waals surface area contributed by atoms with E-state index in [9.17, 15) is 14.7 Å². The molecule has 0 bridgehead atoms. The van der Waals surface area contributed by atoms with Gasteiger partial charge in [0.2, 0.25) is 11.8 Å². The summed E-state index contributed by atoms with van der Waals surface area (Å²) in [6.45, 7) is 6.01. The molecule has 5 nitrogen and oxygen atoms in total. The molecule has 0 aliphatic carbocycles. The third-order valence-electron chi connectivity index (χ3n) is 4.07. The summed E-state index contributed by atoms with van der Waals surface area (Å²) >= 11 is 0. The molecule has 1 atom stereocenters. The molecule has 0 radical (unpaired) electrons. The summed E-state index contributed by atoms with van der Waals surface area (Å²) in [5.41, 5.74) is 1.02. The van der Waals surface area contributed by atoms with Crippen molar-refractivity contribution < 1.29 is 14.7 Å². The molecule has 0 aromatic heterocycles. The van der Waals surface area contributed by atoms with Gasteiger partial charge >= 0.3 is 0 Å². The molecule has 21 heavy (non-hydrogen) atoms. The topological polar surface area (TPSA) is 60.9 Å². The molecule has 0 spiro atoms. The van der Waals surface area contributed by atoms with Gasteiger partial charge in [-0.05, 0) is 31.2 Å². The maximum absolute atomic E-state index is 11.6. The number of carbonyl (C=O) groups is 2. The molecule has 1 heterocycles. The van der Waals surface area contributed by atoms with E-state index >= 15 is 0 Å². The Morgan fingerprint density at radius 2 is 1.95 bits per heavy atom. The lowest BCUT2D eigenvalue weighted by Gasteiger charge is -2.29. The summed E-state index contributed by atoms with van der Waals surface area (Å²) in [5, 5.41) is 9.57. The molecule has 1 aromatic rings. The molecule has 114 valence electrons. The largest absolute Gasteiger partial charge is 0.508 e. The number of hydrogen-bond acceptors (Lipinski definition) is 4. The van der Waals surface area contributed by atoms with Crippen LogP contribution in [0.3, 0.4) is 0 Å². The quantitative estimate of drug-likeness (QED) is 0.813. The van der Waals surface area contributed by atoms with Crippen LogP contribution in [0.15, 0.2) is 24.3 Å². The van der Waals surface area contributed by atoms with Crippen molar-refractivity contribution in [3.05, 3.63) is 29.8 Å². The average molecular weight is 290 g/mol. The van der Waals surface area contributed by atoms with Crippen LogP contribution in [-0.4, -0.2) is 46.4 Å². The summed E-state index contributed by atoms with van der Waals surface area (Å²) in [6.07, 6.45) is 0.681. The predicted octanol–water partition coefficient (Wildman–Crippen LogP) is 1.92. The Kier molecular flexibility index (Phi) is 4.96. The first kappa shape index (κ1) is 15.5. The van der Waals surface area contributed by atoms with Crippen molar-refractivity contribution in [3.63, 3.8) is 0 Å². The van der Waals surface area contributed by atoms with Gasteiger partial charge in [0.05, 0.1) is 0 Å². The molecule has 1 N–H and O–H groups in total. The number of nitrogens with zero attached hydrogens (tertiary/aromatic N) is 2. The van der Waals surface area contributed by atoms with Gasteiger partial charge in [-0.25, -0.2) is 0 Å². The summed E-state index contributed by atoms with van der Waals surface area (Å²) in [5.74, 6) is 0.113. The molecule has 1 saturated heterocycles. The fraction of sp³-hybridized carbons (Fsp3) is 0.500. The minimum absolute atomic E-state index is 0.0685. The summed E-state index contributed by atoms with van der Waals surface area (Å²) < 4.78 is 0. The molecule has 2 amide bonds. The third-order valence-corrected chi connectivity index (χ3v) is 4.07. The number of imide groups is 1. The smallest absolute Gasteiger partial charge is 0.229 e. The standard InChI is InChI=1S/C16H22N2O3/c1-3-17(9-10-18-15(20)7-8-16(18)21)12(2)13-5-4-6-14(19)11-13/h4-6,11-12,19H,3,7-10H2,1-2H3/t12-/m0/s1. The number of hydrogen-bond donors (Lipinski definition) is 1. The Morgan fingerprint density at radius 3 is 2.52 bits per heavy atom. The zero-order valence-corrected chi connectivity index (χ0v) is 12.6. The third kappa shape index (κ3) is 3.61. The molecule has 0 saturated carbocycles. The summed E-state index contributed by atoms with van der Waals surface area (Å²) in [7, 11) is 0. The van der Waals surface area contributed by atoms with Gasteiger partial charge in [0.1, 0.15) is 5.75 Å². The van der Waals surface area contributed by atoms with Crippen LogP contribution in [0.5, 0.6) is 5.75 Å². The van der Waals surface area contributed by atoms with Crippen molar-refractivity contribution in [1.82, 2.24) is 9.80 Å². The maximum Gasteiger partial charge on any atom is 0.229 e. The second-order valence-corrected chi connectivity index (χ2v) is 5.34. The minimum Gasteiger partial charge on any atom is -0.508 e. The van der Waals surface area contributed by atoms with Gasteiger partial charge < -0.3 is 5.11 Å². The Hall–Kier alpha value is -1.88. The highest BCUT2D eigenvalue weighted by atomic mass is 16.3. The van der Waals surface area contributed by atoms with Crippen LogP contribution >= 0.6 is 0 Å². The highest BCUT2D eigenvalue weighted by Gasteiger charge is 2.29. The number of phenols is 1. The molecular formula is C16H22N2O3. The molecule has 0 unspecified atom stereocenters. The lowest BCUT2D eigenvalue weighted by Crippen LogP contribution is -2.38. The molecule has 1 fully saturated rings. The van der Waals surface area contributed by atoms with Gasteiger partial charge in [0.25, 0.3) is 0 Å². The van der Waals surface area contributed by atoms with E-state index in [0.29, 0.717) is 25.9 Å². The van der Waals surface area contributed by atoms with Crippen LogP contribution in [0, 0.1) is 0 Å². The van der Waals surface area contributed by atoms with Crippen LogP contribution in [0.25, 0.3) is 0 Å². The monoisotopic (exact) mass is 290 g/mol. The van der Waals surface area contributed by atoms with Crippen molar-refractivity contribution in [2.24, 2.45) is 0 Å². The van der Waals surface area contributed by atoms with Gasteiger partial charge in [0.15, 0.2) is 0 Å². The van der Waals surface area contributed by atoms with Crippen molar-refractivity contribution in [2.75, 3.05) is 19.6 Å². The van der Waals surface area contributed by atoms with Crippen molar-refractivity contribution in [1.29, 1.82) is 0 Å². The molecule has 1 aliphatic heterocycles. The maximum atomic E-state index is 11.6. The molecule has 1 aromatic carbocycles. The van der Waals surface area contributed by atoms with E-state index in [-0.39, 0.29) is 23.6 Å². The van der Waals surface area contributed by atoms with E-state index < -0.39 is 0 Å². The van der Waals surface area contributed by atoms with Crippen molar-refractivity contribution in [2.45, 2.75) is 32.7 Å². The first-order valence-electron chi connectivity index (χ1n) is 7.39. The highest BCUT2D eigenvalue weighted by Crippen LogP contribution is 2.23. The van der Waals surface area contributed by atoms with E-state index in [4.69, 9.17) is 0 Å². The molecule has 2 rings (SSSR count). The number of likely N-dealkylation sites (N-methyl/N-ethyl adjacent to an activating group) is 1. The van der Waals surface area contributed by atoms with Gasteiger partial charge in [-0.1, -0.05) is 19.1 Å². The van der Waals surface area contributed by atoms with E-state index in [1.807, 2.05) is 19.1 Å². The Balaban J connectivity index is 1.99. The second-order valence-electron chi connectivity index (χ2n) is 5.34. The Morgan fingerprint density at radius 1 is 1.29 bits per heavy atom. The lowest BCUT2D eigenvalue weighted by molar-refractivity contribution is -0.138. The van der Waals surface area contributed by atoms with E-state index in [0.717, 1.165) is 12.1 Å².